The molecule has 0 bridgehead atoms. The standard InChI is InChI=1S/C23H19F3N4O/c1-14-7-8-19(29-22(31)15-5-4-6-18(10-15)23(24,25)26)11-20(14)17-9-16(12-27)21(28-13-17)30(2)3/h4-11,13H,1-3H3,(H,29,31). The van der Waals surface area contributed by atoms with Crippen LogP contribution in [0.3, 0.4) is 0 Å². The van der Waals surface area contributed by atoms with Crippen LogP contribution in [0, 0.1) is 18.3 Å². The molecule has 3 aromatic rings. The summed E-state index contributed by atoms with van der Waals surface area (Å²) in [5.41, 5.74) is 2.16. The molecule has 1 N–H and O–H groups in total. The molecule has 0 spiro atoms. The van der Waals surface area contributed by atoms with Crippen LogP contribution in [-0.2, 0) is 6.18 Å². The zero-order valence-electron chi connectivity index (χ0n) is 17.1. The minimum atomic E-state index is -4.53. The lowest BCUT2D eigenvalue weighted by atomic mass is 10.00. The fourth-order valence-electron chi connectivity index (χ4n) is 3.09. The van der Waals surface area contributed by atoms with Crippen LogP contribution in [-0.4, -0.2) is 25.0 Å². The van der Waals surface area contributed by atoms with E-state index in [1.807, 2.05) is 6.92 Å². The number of carbonyl (C=O) groups is 1. The lowest BCUT2D eigenvalue weighted by Gasteiger charge is -2.15. The zero-order chi connectivity index (χ0) is 22.8. The molecule has 0 radical (unpaired) electrons. The van der Waals surface area contributed by atoms with E-state index in [1.54, 1.807) is 49.5 Å². The second kappa shape index (κ2) is 8.48. The molecule has 1 aromatic heterocycles. The number of pyridine rings is 1. The van der Waals surface area contributed by atoms with Gasteiger partial charge in [0.05, 0.1) is 11.1 Å². The van der Waals surface area contributed by atoms with Gasteiger partial charge in [-0.1, -0.05) is 12.1 Å². The smallest absolute Gasteiger partial charge is 0.362 e. The maximum Gasteiger partial charge on any atom is 0.416 e. The third-order valence-corrected chi connectivity index (χ3v) is 4.67. The van der Waals surface area contributed by atoms with Crippen LogP contribution in [0.2, 0.25) is 0 Å². The summed E-state index contributed by atoms with van der Waals surface area (Å²) < 4.78 is 38.8. The van der Waals surface area contributed by atoms with E-state index in [1.165, 1.54) is 12.1 Å². The molecule has 8 heteroatoms. The largest absolute Gasteiger partial charge is 0.416 e. The van der Waals surface area contributed by atoms with Crippen LogP contribution in [0.1, 0.15) is 27.0 Å². The molecular weight excluding hydrogens is 405 g/mol. The van der Waals surface area contributed by atoms with Gasteiger partial charge in [-0.25, -0.2) is 4.98 Å². The zero-order valence-corrected chi connectivity index (χ0v) is 17.1. The molecule has 0 saturated heterocycles. The van der Waals surface area contributed by atoms with Crippen molar-refractivity contribution in [1.29, 1.82) is 5.26 Å². The number of aromatic nitrogens is 1. The van der Waals surface area contributed by atoms with Crippen LogP contribution in [0.5, 0.6) is 0 Å². The van der Waals surface area contributed by atoms with Crippen molar-refractivity contribution in [2.45, 2.75) is 13.1 Å². The molecule has 0 aliphatic heterocycles. The first-order chi connectivity index (χ1) is 14.6. The predicted molar refractivity (Wildman–Crippen MR) is 113 cm³/mol. The number of benzene rings is 2. The van der Waals surface area contributed by atoms with Crippen molar-refractivity contribution in [2.24, 2.45) is 0 Å². The van der Waals surface area contributed by atoms with Gasteiger partial charge in [-0.15, -0.1) is 0 Å². The average Bonchev–Trinajstić information content (AvgIpc) is 2.74. The molecule has 0 fully saturated rings. The van der Waals surface area contributed by atoms with Gasteiger partial charge in [0, 0.05) is 37.1 Å². The Hall–Kier alpha value is -3.86. The fraction of sp³-hybridized carbons (Fsp3) is 0.174. The predicted octanol–water partition coefficient (Wildman–Crippen LogP) is 5.27. The number of nitrogens with one attached hydrogen (secondary N) is 1. The van der Waals surface area contributed by atoms with Crippen LogP contribution in [0.15, 0.2) is 54.7 Å². The Kier molecular flexibility index (Phi) is 5.97. The van der Waals surface area contributed by atoms with Gasteiger partial charge in [0.25, 0.3) is 5.91 Å². The number of hydrogen-bond donors (Lipinski definition) is 1. The van der Waals surface area contributed by atoms with Crippen molar-refractivity contribution < 1.29 is 18.0 Å². The van der Waals surface area contributed by atoms with Crippen molar-refractivity contribution in [3.05, 3.63) is 77.0 Å². The van der Waals surface area contributed by atoms with Crippen molar-refractivity contribution in [3.63, 3.8) is 0 Å². The van der Waals surface area contributed by atoms with E-state index in [0.717, 1.165) is 23.3 Å². The number of alkyl halides is 3. The average molecular weight is 424 g/mol. The summed E-state index contributed by atoms with van der Waals surface area (Å²) >= 11 is 0. The van der Waals surface area contributed by atoms with Crippen molar-refractivity contribution in [2.75, 3.05) is 24.3 Å². The Balaban J connectivity index is 1.92. The molecule has 0 aliphatic carbocycles. The van der Waals surface area contributed by atoms with Crippen LogP contribution in [0.25, 0.3) is 11.1 Å². The molecule has 0 aliphatic rings. The SMILES string of the molecule is Cc1ccc(NC(=O)c2cccc(C(F)(F)F)c2)cc1-c1cnc(N(C)C)c(C#N)c1. The molecule has 31 heavy (non-hydrogen) atoms. The summed E-state index contributed by atoms with van der Waals surface area (Å²) in [7, 11) is 3.58. The van der Waals surface area contributed by atoms with E-state index in [2.05, 4.69) is 16.4 Å². The lowest BCUT2D eigenvalue weighted by molar-refractivity contribution is -0.137. The van der Waals surface area contributed by atoms with Gasteiger partial charge in [-0.2, -0.15) is 18.4 Å². The third-order valence-electron chi connectivity index (χ3n) is 4.67. The van der Waals surface area contributed by atoms with Gasteiger partial charge < -0.3 is 10.2 Å². The Bertz CT molecular complexity index is 1180. The van der Waals surface area contributed by atoms with Crippen molar-refractivity contribution in [1.82, 2.24) is 4.98 Å². The van der Waals surface area contributed by atoms with E-state index in [9.17, 15) is 23.2 Å². The van der Waals surface area contributed by atoms with E-state index < -0.39 is 17.6 Å². The second-order valence-electron chi connectivity index (χ2n) is 7.16. The fourth-order valence-corrected chi connectivity index (χ4v) is 3.09. The number of amides is 1. The number of anilines is 2. The van der Waals surface area contributed by atoms with Gasteiger partial charge in [0.2, 0.25) is 0 Å². The molecule has 1 heterocycles. The molecule has 0 unspecified atom stereocenters. The van der Waals surface area contributed by atoms with Gasteiger partial charge in [-0.05, 0) is 54.4 Å². The van der Waals surface area contributed by atoms with Gasteiger partial charge >= 0.3 is 6.18 Å². The molecule has 2 aromatic carbocycles. The van der Waals surface area contributed by atoms with Crippen LogP contribution >= 0.6 is 0 Å². The molecule has 0 atom stereocenters. The van der Waals surface area contributed by atoms with Crippen LogP contribution < -0.4 is 10.2 Å². The number of nitrogens with zero attached hydrogens (tertiary/aromatic N) is 3. The molecule has 1 amide bonds. The van der Waals surface area contributed by atoms with Gasteiger partial charge in [-0.3, -0.25) is 4.79 Å². The number of carbonyl (C=O) groups excluding carboxylic acids is 1. The molecule has 3 rings (SSSR count). The molecule has 158 valence electrons. The van der Waals surface area contributed by atoms with E-state index in [4.69, 9.17) is 0 Å². The maximum atomic E-state index is 12.9. The number of hydrogen-bond acceptors (Lipinski definition) is 4. The van der Waals surface area contributed by atoms with Gasteiger partial charge in [0.15, 0.2) is 0 Å². The normalized spacial score (nSPS) is 11.0. The van der Waals surface area contributed by atoms with Crippen LogP contribution in [0.4, 0.5) is 24.7 Å². The van der Waals surface area contributed by atoms with Crippen molar-refractivity contribution >= 4 is 17.4 Å². The summed E-state index contributed by atoms with van der Waals surface area (Å²) in [6.07, 6.45) is -2.89. The lowest BCUT2D eigenvalue weighted by Crippen LogP contribution is -2.14. The highest BCUT2D eigenvalue weighted by atomic mass is 19.4. The van der Waals surface area contributed by atoms with Gasteiger partial charge in [0.1, 0.15) is 11.9 Å². The minimum Gasteiger partial charge on any atom is -0.362 e. The molecule has 0 saturated carbocycles. The highest BCUT2D eigenvalue weighted by Crippen LogP contribution is 2.31. The molecule has 5 nitrogen and oxygen atoms in total. The highest BCUT2D eigenvalue weighted by Gasteiger charge is 2.30. The highest BCUT2D eigenvalue weighted by molar-refractivity contribution is 6.04. The Morgan fingerprint density at radius 1 is 1.13 bits per heavy atom. The molecular formula is C23H19F3N4O. The summed E-state index contributed by atoms with van der Waals surface area (Å²) in [6.45, 7) is 1.87. The topological polar surface area (TPSA) is 69.0 Å². The summed E-state index contributed by atoms with van der Waals surface area (Å²) in [6, 6.07) is 13.2. The summed E-state index contributed by atoms with van der Waals surface area (Å²) in [5.74, 6) is -0.113. The first-order valence-electron chi connectivity index (χ1n) is 9.27. The maximum absolute atomic E-state index is 12.9. The third kappa shape index (κ3) is 4.83. The summed E-state index contributed by atoms with van der Waals surface area (Å²) in [5, 5.41) is 12.1. The summed E-state index contributed by atoms with van der Waals surface area (Å²) in [4.78, 5) is 18.6. The first-order valence-corrected chi connectivity index (χ1v) is 9.27. The number of halogens is 3. The quantitative estimate of drug-likeness (QED) is 0.620. The Morgan fingerprint density at radius 3 is 2.52 bits per heavy atom. The van der Waals surface area contributed by atoms with E-state index in [-0.39, 0.29) is 5.56 Å². The second-order valence-corrected chi connectivity index (χ2v) is 7.16. The van der Waals surface area contributed by atoms with E-state index >= 15 is 0 Å². The first kappa shape index (κ1) is 21.8. The van der Waals surface area contributed by atoms with Crippen molar-refractivity contribution in [3.8, 4) is 17.2 Å². The number of nitriles is 1. The van der Waals surface area contributed by atoms with E-state index in [0.29, 0.717) is 22.6 Å². The Labute approximate surface area is 177 Å². The monoisotopic (exact) mass is 424 g/mol. The Morgan fingerprint density at radius 2 is 1.87 bits per heavy atom. The number of aryl methyl sites for hydroxylation is 1. The minimum absolute atomic E-state index is 0.0966. The number of rotatable bonds is 4.